The van der Waals surface area contributed by atoms with Gasteiger partial charge in [0.1, 0.15) is 5.69 Å². The lowest BCUT2D eigenvalue weighted by molar-refractivity contribution is -0.143. The third-order valence-corrected chi connectivity index (χ3v) is 6.64. The van der Waals surface area contributed by atoms with Crippen molar-refractivity contribution in [3.8, 4) is 11.1 Å². The van der Waals surface area contributed by atoms with E-state index >= 15 is 0 Å². The van der Waals surface area contributed by atoms with Crippen LogP contribution in [0.5, 0.6) is 0 Å². The zero-order valence-electron chi connectivity index (χ0n) is 19.1. The SMILES string of the molecule is CCOC(=O)CCNC(=O)c1ccc(-c2cc(C(F)(F)F)ccc2CNc2ccc(I)c(Cl)c2)cn1. The van der Waals surface area contributed by atoms with Crippen molar-refractivity contribution in [1.82, 2.24) is 10.3 Å². The summed E-state index contributed by atoms with van der Waals surface area (Å²) in [6.45, 7) is 2.25. The number of esters is 1. The van der Waals surface area contributed by atoms with Gasteiger partial charge in [0.25, 0.3) is 5.91 Å². The second kappa shape index (κ2) is 12.4. The third-order valence-electron chi connectivity index (χ3n) is 5.07. The molecule has 0 radical (unpaired) electrons. The standard InChI is InChI=1S/C25H22ClF3IN3O3/c1-2-36-23(34)9-10-31-24(35)22-8-4-16(14-33-22)19-11-17(25(27,28)29)5-3-15(19)13-32-18-6-7-21(30)20(26)12-18/h3-8,11-12,14,32H,2,9-10,13H2,1H3,(H,31,35). The van der Waals surface area contributed by atoms with Crippen molar-refractivity contribution in [2.24, 2.45) is 0 Å². The second-order valence-electron chi connectivity index (χ2n) is 7.60. The number of hydrogen-bond acceptors (Lipinski definition) is 5. The first-order valence-electron chi connectivity index (χ1n) is 10.9. The summed E-state index contributed by atoms with van der Waals surface area (Å²) in [4.78, 5) is 27.8. The molecule has 1 amide bonds. The highest BCUT2D eigenvalue weighted by Gasteiger charge is 2.31. The van der Waals surface area contributed by atoms with E-state index < -0.39 is 23.6 Å². The van der Waals surface area contributed by atoms with Crippen LogP contribution in [0.3, 0.4) is 0 Å². The first kappa shape index (κ1) is 27.7. The highest BCUT2D eigenvalue weighted by molar-refractivity contribution is 14.1. The van der Waals surface area contributed by atoms with Crippen LogP contribution in [-0.2, 0) is 22.3 Å². The number of nitrogens with one attached hydrogen (secondary N) is 2. The van der Waals surface area contributed by atoms with E-state index in [4.69, 9.17) is 16.3 Å². The van der Waals surface area contributed by atoms with Gasteiger partial charge in [-0.25, -0.2) is 0 Å². The molecule has 1 aromatic heterocycles. The fraction of sp³-hybridized carbons (Fsp3) is 0.240. The Hall–Kier alpha value is -2.86. The quantitative estimate of drug-likeness (QED) is 0.214. The van der Waals surface area contributed by atoms with Gasteiger partial charge in [0.15, 0.2) is 0 Å². The van der Waals surface area contributed by atoms with Crippen molar-refractivity contribution in [1.29, 1.82) is 0 Å². The number of carbonyl (C=O) groups excluding carboxylic acids is 2. The van der Waals surface area contributed by atoms with E-state index in [-0.39, 0.29) is 31.8 Å². The lowest BCUT2D eigenvalue weighted by atomic mass is 9.97. The van der Waals surface area contributed by atoms with Gasteiger partial charge >= 0.3 is 12.1 Å². The predicted octanol–water partition coefficient (Wildman–Crippen LogP) is 6.32. The minimum Gasteiger partial charge on any atom is -0.466 e. The molecule has 0 saturated heterocycles. The monoisotopic (exact) mass is 631 g/mol. The van der Waals surface area contributed by atoms with E-state index in [1.165, 1.54) is 24.4 Å². The molecule has 6 nitrogen and oxygen atoms in total. The topological polar surface area (TPSA) is 80.3 Å². The molecule has 0 spiro atoms. The molecular formula is C25H22ClF3IN3O3. The van der Waals surface area contributed by atoms with E-state index in [9.17, 15) is 22.8 Å². The summed E-state index contributed by atoms with van der Waals surface area (Å²) in [5, 5.41) is 6.30. The van der Waals surface area contributed by atoms with Crippen LogP contribution in [0.1, 0.15) is 35.0 Å². The molecule has 2 aromatic carbocycles. The molecular weight excluding hydrogens is 610 g/mol. The largest absolute Gasteiger partial charge is 0.466 e. The zero-order valence-corrected chi connectivity index (χ0v) is 22.0. The van der Waals surface area contributed by atoms with Crippen LogP contribution in [0.15, 0.2) is 54.7 Å². The number of rotatable bonds is 9. The average molecular weight is 632 g/mol. The number of carbonyl (C=O) groups is 2. The molecule has 0 fully saturated rings. The van der Waals surface area contributed by atoms with Crippen molar-refractivity contribution < 1.29 is 27.5 Å². The molecule has 0 bridgehead atoms. The average Bonchev–Trinajstić information content (AvgIpc) is 2.84. The molecule has 3 rings (SSSR count). The summed E-state index contributed by atoms with van der Waals surface area (Å²) in [5.74, 6) is -0.938. The number of ether oxygens (including phenoxy) is 1. The molecule has 2 N–H and O–H groups in total. The van der Waals surface area contributed by atoms with Crippen molar-refractivity contribution in [3.63, 3.8) is 0 Å². The van der Waals surface area contributed by atoms with Crippen molar-refractivity contribution in [2.75, 3.05) is 18.5 Å². The summed E-state index contributed by atoms with van der Waals surface area (Å²) in [6, 6.07) is 11.9. The van der Waals surface area contributed by atoms with Gasteiger partial charge in [0.2, 0.25) is 0 Å². The maximum atomic E-state index is 13.4. The molecule has 190 valence electrons. The van der Waals surface area contributed by atoms with Gasteiger partial charge in [-0.3, -0.25) is 14.6 Å². The zero-order chi connectivity index (χ0) is 26.3. The second-order valence-corrected chi connectivity index (χ2v) is 9.16. The molecule has 36 heavy (non-hydrogen) atoms. The van der Waals surface area contributed by atoms with Crippen LogP contribution in [0.4, 0.5) is 18.9 Å². The first-order chi connectivity index (χ1) is 17.1. The predicted molar refractivity (Wildman–Crippen MR) is 140 cm³/mol. The third kappa shape index (κ3) is 7.57. The number of amides is 1. The Morgan fingerprint density at radius 1 is 1.11 bits per heavy atom. The van der Waals surface area contributed by atoms with E-state index in [2.05, 4.69) is 38.2 Å². The lowest BCUT2D eigenvalue weighted by Crippen LogP contribution is -2.27. The minimum absolute atomic E-state index is 0.0179. The van der Waals surface area contributed by atoms with E-state index in [1.807, 2.05) is 12.1 Å². The van der Waals surface area contributed by atoms with Gasteiger partial charge in [0, 0.05) is 34.1 Å². The van der Waals surface area contributed by atoms with Crippen molar-refractivity contribution >= 4 is 51.8 Å². The molecule has 11 heteroatoms. The minimum atomic E-state index is -4.52. The first-order valence-corrected chi connectivity index (χ1v) is 12.3. The van der Waals surface area contributed by atoms with Gasteiger partial charge in [0.05, 0.1) is 23.6 Å². The Bertz CT molecular complexity index is 1240. The number of anilines is 1. The summed E-state index contributed by atoms with van der Waals surface area (Å²) in [5.41, 5.74) is 1.35. The Labute approximate surface area is 224 Å². The van der Waals surface area contributed by atoms with Crippen LogP contribution < -0.4 is 10.6 Å². The van der Waals surface area contributed by atoms with Gasteiger partial charge in [-0.05, 0) is 77.0 Å². The lowest BCUT2D eigenvalue weighted by Gasteiger charge is -2.15. The van der Waals surface area contributed by atoms with Crippen molar-refractivity contribution in [3.05, 3.63) is 80.1 Å². The Morgan fingerprint density at radius 3 is 2.53 bits per heavy atom. The molecule has 3 aromatic rings. The smallest absolute Gasteiger partial charge is 0.416 e. The number of benzene rings is 2. The number of alkyl halides is 3. The van der Waals surface area contributed by atoms with Crippen LogP contribution in [-0.4, -0.2) is 30.0 Å². The van der Waals surface area contributed by atoms with Crippen molar-refractivity contribution in [2.45, 2.75) is 26.1 Å². The van der Waals surface area contributed by atoms with Crippen LogP contribution in [0.2, 0.25) is 5.02 Å². The van der Waals surface area contributed by atoms with E-state index in [0.717, 1.165) is 21.4 Å². The Kier molecular flexibility index (Phi) is 9.55. The molecule has 0 saturated carbocycles. The Balaban J connectivity index is 1.80. The van der Waals surface area contributed by atoms with Crippen LogP contribution >= 0.6 is 34.2 Å². The van der Waals surface area contributed by atoms with Gasteiger partial charge in [-0.1, -0.05) is 23.7 Å². The number of pyridine rings is 1. The fourth-order valence-corrected chi connectivity index (χ4v) is 3.78. The highest BCUT2D eigenvalue weighted by atomic mass is 127. The number of hydrogen-bond donors (Lipinski definition) is 2. The number of halogens is 5. The van der Waals surface area contributed by atoms with Crippen LogP contribution in [0, 0.1) is 3.57 Å². The molecule has 0 aliphatic rings. The Morgan fingerprint density at radius 2 is 1.89 bits per heavy atom. The van der Waals surface area contributed by atoms with Gasteiger partial charge in [-0.2, -0.15) is 13.2 Å². The number of nitrogens with zero attached hydrogens (tertiary/aromatic N) is 1. The maximum Gasteiger partial charge on any atom is 0.416 e. The van der Waals surface area contributed by atoms with Gasteiger partial charge < -0.3 is 15.4 Å². The molecule has 1 heterocycles. The summed E-state index contributed by atoms with van der Waals surface area (Å²) in [6.07, 6.45) is -3.15. The molecule has 0 aliphatic carbocycles. The maximum absolute atomic E-state index is 13.4. The summed E-state index contributed by atoms with van der Waals surface area (Å²) >= 11 is 8.26. The number of aromatic nitrogens is 1. The summed E-state index contributed by atoms with van der Waals surface area (Å²) < 4.78 is 45.9. The normalized spacial score (nSPS) is 11.2. The van der Waals surface area contributed by atoms with Crippen LogP contribution in [0.25, 0.3) is 11.1 Å². The molecule has 0 aliphatic heterocycles. The van der Waals surface area contributed by atoms with Gasteiger partial charge in [-0.15, -0.1) is 0 Å². The molecule has 0 unspecified atom stereocenters. The summed E-state index contributed by atoms with van der Waals surface area (Å²) in [7, 11) is 0. The molecule has 0 atom stereocenters. The fourth-order valence-electron chi connectivity index (χ4n) is 3.27. The van der Waals surface area contributed by atoms with E-state index in [1.54, 1.807) is 13.0 Å². The van der Waals surface area contributed by atoms with E-state index in [0.29, 0.717) is 21.7 Å². The highest BCUT2D eigenvalue weighted by Crippen LogP contribution is 2.34.